The summed E-state index contributed by atoms with van der Waals surface area (Å²) in [5.74, 6) is 0. The molecule has 2 atom stereocenters. The third-order valence-corrected chi connectivity index (χ3v) is 2.05. The summed E-state index contributed by atoms with van der Waals surface area (Å²) in [7, 11) is 0. The topological polar surface area (TPSA) is 77.1 Å². The molecule has 1 heterocycles. The average Bonchev–Trinajstić information content (AvgIpc) is 2.18. The van der Waals surface area contributed by atoms with Crippen LogP contribution in [0.5, 0.6) is 0 Å². The highest BCUT2D eigenvalue weighted by atomic mass is 35.5. The van der Waals surface area contributed by atoms with Gasteiger partial charge in [0.15, 0.2) is 0 Å². The molecule has 1 rings (SSSR count). The highest BCUT2D eigenvalue weighted by Crippen LogP contribution is 2.23. The maximum Gasteiger partial charge on any atom is 0.124 e. The van der Waals surface area contributed by atoms with Crippen molar-refractivity contribution in [3.05, 3.63) is 29.0 Å². The fourth-order valence-electron chi connectivity index (χ4n) is 1.00. The Morgan fingerprint density at radius 2 is 2.29 bits per heavy atom. The second-order valence-electron chi connectivity index (χ2n) is 2.74. The van der Waals surface area contributed by atoms with Gasteiger partial charge >= 0.3 is 0 Å². The van der Waals surface area contributed by atoms with Gasteiger partial charge in [0.2, 0.25) is 0 Å². The van der Waals surface area contributed by atoms with Crippen molar-refractivity contribution in [2.24, 2.45) is 0 Å². The summed E-state index contributed by atoms with van der Waals surface area (Å²) >= 11 is 5.75. The van der Waals surface area contributed by atoms with E-state index in [1.807, 2.05) is 0 Å². The number of nitriles is 1. The third kappa shape index (κ3) is 2.42. The molecule has 0 aromatic carbocycles. The Morgan fingerprint density at radius 3 is 2.86 bits per heavy atom. The highest BCUT2D eigenvalue weighted by molar-refractivity contribution is 6.31. The van der Waals surface area contributed by atoms with E-state index in [0.29, 0.717) is 0 Å². The lowest BCUT2D eigenvalue weighted by Crippen LogP contribution is -2.18. The molecule has 1 aromatic rings. The second kappa shape index (κ2) is 4.91. The van der Waals surface area contributed by atoms with E-state index in [-0.39, 0.29) is 17.1 Å². The summed E-state index contributed by atoms with van der Waals surface area (Å²) in [6, 6.07) is 4.94. The first kappa shape index (κ1) is 10.9. The Hall–Kier alpha value is -1.15. The maximum absolute atomic E-state index is 9.55. The molecule has 0 aliphatic heterocycles. The molecular weight excluding hydrogens is 204 g/mol. The lowest BCUT2D eigenvalue weighted by Gasteiger charge is -2.15. The van der Waals surface area contributed by atoms with Crippen LogP contribution in [-0.4, -0.2) is 21.3 Å². The second-order valence-corrected chi connectivity index (χ2v) is 3.15. The number of nitrogens with zero attached hydrogens (tertiary/aromatic N) is 2. The number of pyridine rings is 1. The molecule has 0 saturated heterocycles. The number of hydrogen-bond acceptors (Lipinski definition) is 4. The van der Waals surface area contributed by atoms with Crippen LogP contribution in [0.4, 0.5) is 0 Å². The van der Waals surface area contributed by atoms with Crippen LogP contribution in [0.25, 0.3) is 0 Å². The number of aliphatic hydroxyl groups excluding tert-OH is 2. The first-order valence-electron chi connectivity index (χ1n) is 4.00. The number of aromatic nitrogens is 1. The lowest BCUT2D eigenvalue weighted by molar-refractivity contribution is 0.0191. The first-order chi connectivity index (χ1) is 6.66. The minimum absolute atomic E-state index is 0.159. The van der Waals surface area contributed by atoms with Gasteiger partial charge in [-0.1, -0.05) is 11.6 Å². The van der Waals surface area contributed by atoms with Crippen molar-refractivity contribution >= 4 is 11.6 Å². The molecule has 5 heteroatoms. The van der Waals surface area contributed by atoms with Crippen LogP contribution in [0.2, 0.25) is 5.02 Å². The monoisotopic (exact) mass is 212 g/mol. The molecule has 0 fully saturated rings. The van der Waals surface area contributed by atoms with Gasteiger partial charge < -0.3 is 10.2 Å². The Balaban J connectivity index is 2.84. The van der Waals surface area contributed by atoms with Crippen LogP contribution in [0.1, 0.15) is 18.2 Å². The molecule has 0 amide bonds. The van der Waals surface area contributed by atoms with E-state index in [2.05, 4.69) is 4.98 Å². The zero-order chi connectivity index (χ0) is 10.6. The molecule has 0 saturated carbocycles. The van der Waals surface area contributed by atoms with Crippen LogP contribution < -0.4 is 0 Å². The third-order valence-electron chi connectivity index (χ3n) is 1.73. The Bertz CT molecular complexity index is 351. The summed E-state index contributed by atoms with van der Waals surface area (Å²) in [4.78, 5) is 3.83. The van der Waals surface area contributed by atoms with E-state index in [1.165, 1.54) is 6.20 Å². The van der Waals surface area contributed by atoms with Gasteiger partial charge in [0.1, 0.15) is 6.10 Å². The largest absolute Gasteiger partial charge is 0.389 e. The Kier molecular flexibility index (Phi) is 3.84. The predicted octanol–water partition coefficient (Wildman–Crippen LogP) is 1.04. The minimum Gasteiger partial charge on any atom is -0.389 e. The molecule has 2 unspecified atom stereocenters. The molecule has 4 nitrogen and oxygen atoms in total. The van der Waals surface area contributed by atoms with Crippen molar-refractivity contribution < 1.29 is 10.2 Å². The summed E-state index contributed by atoms with van der Waals surface area (Å²) < 4.78 is 0. The molecule has 0 aliphatic rings. The maximum atomic E-state index is 9.55. The number of hydrogen-bond donors (Lipinski definition) is 2. The molecule has 1 aromatic heterocycles. The first-order valence-corrected chi connectivity index (χ1v) is 4.38. The summed E-state index contributed by atoms with van der Waals surface area (Å²) in [5, 5.41) is 27.5. The summed E-state index contributed by atoms with van der Waals surface area (Å²) in [6.07, 6.45) is -1.08. The van der Waals surface area contributed by atoms with Crippen LogP contribution >= 0.6 is 11.6 Å². The van der Waals surface area contributed by atoms with Gasteiger partial charge in [-0.2, -0.15) is 5.26 Å². The van der Waals surface area contributed by atoms with E-state index in [4.69, 9.17) is 16.9 Å². The molecule has 0 radical (unpaired) electrons. The normalized spacial score (nSPS) is 14.4. The smallest absolute Gasteiger partial charge is 0.124 e. The van der Waals surface area contributed by atoms with Gasteiger partial charge in [0.25, 0.3) is 0 Å². The van der Waals surface area contributed by atoms with Gasteiger partial charge in [-0.25, -0.2) is 0 Å². The van der Waals surface area contributed by atoms with E-state index in [1.54, 1.807) is 18.2 Å². The van der Waals surface area contributed by atoms with Crippen LogP contribution in [0, 0.1) is 11.3 Å². The SMILES string of the molecule is N#CCC(O)C(O)c1ncccc1Cl. The van der Waals surface area contributed by atoms with Crippen LogP contribution in [0.15, 0.2) is 18.3 Å². The van der Waals surface area contributed by atoms with E-state index >= 15 is 0 Å². The van der Waals surface area contributed by atoms with Gasteiger partial charge in [-0.05, 0) is 12.1 Å². The van der Waals surface area contributed by atoms with E-state index < -0.39 is 12.2 Å². The van der Waals surface area contributed by atoms with E-state index in [0.717, 1.165) is 0 Å². The van der Waals surface area contributed by atoms with Crippen molar-refractivity contribution in [1.29, 1.82) is 5.26 Å². The molecule has 0 bridgehead atoms. The van der Waals surface area contributed by atoms with E-state index in [9.17, 15) is 10.2 Å². The summed E-state index contributed by atoms with van der Waals surface area (Å²) in [6.45, 7) is 0. The van der Waals surface area contributed by atoms with Gasteiger partial charge in [-0.3, -0.25) is 4.98 Å². The van der Waals surface area contributed by atoms with Crippen molar-refractivity contribution in [3.63, 3.8) is 0 Å². The van der Waals surface area contributed by atoms with Crippen LogP contribution in [0.3, 0.4) is 0 Å². The average molecular weight is 213 g/mol. The van der Waals surface area contributed by atoms with Crippen LogP contribution in [-0.2, 0) is 0 Å². The predicted molar refractivity (Wildman–Crippen MR) is 50.4 cm³/mol. The van der Waals surface area contributed by atoms with Crippen molar-refractivity contribution in [1.82, 2.24) is 4.98 Å². The van der Waals surface area contributed by atoms with Crippen molar-refractivity contribution in [3.8, 4) is 6.07 Å². The summed E-state index contributed by atoms with van der Waals surface area (Å²) in [5.41, 5.74) is 0.192. The molecule has 0 spiro atoms. The van der Waals surface area contributed by atoms with Gasteiger partial charge in [0, 0.05) is 6.20 Å². The fraction of sp³-hybridized carbons (Fsp3) is 0.333. The number of aliphatic hydroxyl groups is 2. The Labute approximate surface area is 86.4 Å². The fourth-order valence-corrected chi connectivity index (χ4v) is 1.24. The standard InChI is InChI=1S/C9H9ClN2O2/c10-6-2-1-5-12-8(6)9(14)7(13)3-4-11/h1-2,5,7,9,13-14H,3H2. The van der Waals surface area contributed by atoms with Crippen molar-refractivity contribution in [2.45, 2.75) is 18.6 Å². The molecule has 74 valence electrons. The molecule has 2 N–H and O–H groups in total. The number of halogens is 1. The highest BCUT2D eigenvalue weighted by Gasteiger charge is 2.21. The molecule has 14 heavy (non-hydrogen) atoms. The zero-order valence-corrected chi connectivity index (χ0v) is 8.02. The zero-order valence-electron chi connectivity index (χ0n) is 7.26. The molecule has 0 aliphatic carbocycles. The molecular formula is C9H9ClN2O2. The lowest BCUT2D eigenvalue weighted by atomic mass is 10.1. The Morgan fingerprint density at radius 1 is 1.57 bits per heavy atom. The van der Waals surface area contributed by atoms with Gasteiger partial charge in [0.05, 0.1) is 29.3 Å². The number of rotatable bonds is 3. The van der Waals surface area contributed by atoms with Crippen molar-refractivity contribution in [2.75, 3.05) is 0 Å². The van der Waals surface area contributed by atoms with Gasteiger partial charge in [-0.15, -0.1) is 0 Å². The minimum atomic E-state index is -1.22. The quantitative estimate of drug-likeness (QED) is 0.785.